The van der Waals surface area contributed by atoms with Crippen LogP contribution in [0.3, 0.4) is 0 Å². The van der Waals surface area contributed by atoms with Gasteiger partial charge in [0, 0.05) is 13.0 Å². The molecular weight excluding hydrogens is 373 g/mol. The molecule has 1 unspecified atom stereocenters. The highest BCUT2D eigenvalue weighted by Crippen LogP contribution is 2.53. The maximum atomic E-state index is 13.2. The van der Waals surface area contributed by atoms with Gasteiger partial charge in [-0.25, -0.2) is 0 Å². The van der Waals surface area contributed by atoms with Gasteiger partial charge in [-0.1, -0.05) is 13.3 Å². The molecule has 0 aliphatic carbocycles. The molecule has 0 rings (SSSR count). The second kappa shape index (κ2) is 9.26. The number of aliphatic hydroxyl groups is 1. The van der Waals surface area contributed by atoms with Crippen molar-refractivity contribution in [3.8, 4) is 0 Å². The molecule has 152 valence electrons. The first-order chi connectivity index (χ1) is 11.2. The first kappa shape index (κ1) is 24.2. The number of halogens is 9. The van der Waals surface area contributed by atoms with Gasteiger partial charge in [-0.15, -0.1) is 0 Å². The molecule has 0 saturated carbocycles. The van der Waals surface area contributed by atoms with Crippen LogP contribution in [-0.2, 0) is 4.74 Å². The first-order valence-electron chi connectivity index (χ1n) is 7.37. The molecule has 3 nitrogen and oxygen atoms in total. The summed E-state index contributed by atoms with van der Waals surface area (Å²) in [5, 5.41) is 12.2. The molecule has 0 amide bonds. The molecule has 0 bridgehead atoms. The number of rotatable bonds is 12. The van der Waals surface area contributed by atoms with Crippen molar-refractivity contribution in [3.63, 3.8) is 0 Å². The summed E-state index contributed by atoms with van der Waals surface area (Å²) >= 11 is 0. The Morgan fingerprint density at radius 3 is 2.00 bits per heavy atom. The van der Waals surface area contributed by atoms with Gasteiger partial charge in [-0.2, -0.15) is 39.5 Å². The van der Waals surface area contributed by atoms with Gasteiger partial charge in [0.2, 0.25) is 0 Å². The molecule has 25 heavy (non-hydrogen) atoms. The van der Waals surface area contributed by atoms with Crippen LogP contribution in [0.4, 0.5) is 39.5 Å². The molecule has 0 aromatic rings. The van der Waals surface area contributed by atoms with Crippen molar-refractivity contribution in [2.45, 2.75) is 56.2 Å². The summed E-state index contributed by atoms with van der Waals surface area (Å²) in [6, 6.07) is 0. The zero-order valence-corrected chi connectivity index (χ0v) is 13.3. The lowest BCUT2D eigenvalue weighted by Crippen LogP contribution is -2.61. The van der Waals surface area contributed by atoms with Crippen LogP contribution in [0.15, 0.2) is 0 Å². The van der Waals surface area contributed by atoms with Crippen LogP contribution < -0.4 is 5.32 Å². The normalized spacial score (nSPS) is 15.5. The summed E-state index contributed by atoms with van der Waals surface area (Å²) < 4.78 is 118. The molecule has 0 aliphatic heterocycles. The Labute approximate surface area is 138 Å². The van der Waals surface area contributed by atoms with E-state index < -0.39 is 49.7 Å². The minimum atomic E-state index is -6.90. The molecule has 0 aliphatic rings. The summed E-state index contributed by atoms with van der Waals surface area (Å²) in [7, 11) is 0. The molecule has 0 aromatic carbocycles. The lowest BCUT2D eigenvalue weighted by atomic mass is 10.0. The molecule has 0 heterocycles. The van der Waals surface area contributed by atoms with Crippen LogP contribution in [0.2, 0.25) is 0 Å². The molecule has 0 fully saturated rings. The fourth-order valence-corrected chi connectivity index (χ4v) is 1.61. The molecular formula is C13H20F9NO2. The van der Waals surface area contributed by atoms with E-state index in [1.54, 1.807) is 0 Å². The van der Waals surface area contributed by atoms with E-state index in [4.69, 9.17) is 0 Å². The van der Waals surface area contributed by atoms with Gasteiger partial charge >= 0.3 is 23.9 Å². The highest BCUT2D eigenvalue weighted by atomic mass is 19.4. The fraction of sp³-hybridized carbons (Fsp3) is 1.00. The number of nitrogens with one attached hydrogen (secondary N) is 1. The largest absolute Gasteiger partial charge is 0.460 e. The van der Waals surface area contributed by atoms with Crippen LogP contribution in [-0.4, -0.2) is 61.5 Å². The lowest BCUT2D eigenvalue weighted by Gasteiger charge is -2.33. The summed E-state index contributed by atoms with van der Waals surface area (Å²) in [6.45, 7) is 0.682. The Kier molecular flexibility index (Phi) is 8.99. The van der Waals surface area contributed by atoms with E-state index in [0.717, 1.165) is 12.8 Å². The molecule has 0 spiro atoms. The smallest absolute Gasteiger partial charge is 0.389 e. The van der Waals surface area contributed by atoms with Gasteiger partial charge in [-0.05, 0) is 13.0 Å². The maximum Gasteiger partial charge on any atom is 0.460 e. The van der Waals surface area contributed by atoms with Crippen LogP contribution in [0.1, 0.15) is 26.2 Å². The van der Waals surface area contributed by atoms with Gasteiger partial charge in [0.15, 0.2) is 0 Å². The van der Waals surface area contributed by atoms with Crippen LogP contribution in [0.5, 0.6) is 0 Å². The highest BCUT2D eigenvalue weighted by Gasteiger charge is 2.81. The van der Waals surface area contributed by atoms with E-state index in [1.807, 2.05) is 6.92 Å². The topological polar surface area (TPSA) is 41.5 Å². The van der Waals surface area contributed by atoms with Crippen molar-refractivity contribution in [2.24, 2.45) is 0 Å². The predicted molar refractivity (Wildman–Crippen MR) is 70.1 cm³/mol. The quantitative estimate of drug-likeness (QED) is 0.393. The number of hydrogen-bond acceptors (Lipinski definition) is 3. The van der Waals surface area contributed by atoms with Gasteiger partial charge in [0.1, 0.15) is 0 Å². The highest BCUT2D eigenvalue weighted by molar-refractivity contribution is 5.00. The number of ether oxygens (including phenoxy) is 1. The molecule has 0 aromatic heterocycles. The first-order valence-corrected chi connectivity index (χ1v) is 7.37. The van der Waals surface area contributed by atoms with Crippen LogP contribution in [0, 0.1) is 0 Å². The van der Waals surface area contributed by atoms with Gasteiger partial charge in [-0.3, -0.25) is 0 Å². The van der Waals surface area contributed by atoms with Crippen molar-refractivity contribution in [2.75, 3.05) is 26.3 Å². The van der Waals surface area contributed by atoms with Gasteiger partial charge in [0.25, 0.3) is 0 Å². The standard InChI is InChI=1S/C13H20F9NO2/c1-2-3-5-23-7-9(24)8-25-6-4-10(14,15)11(16,17)12(18,19)13(20,21)22/h9,23-24H,2-8H2,1H3. The Morgan fingerprint density at radius 1 is 0.960 bits per heavy atom. The van der Waals surface area contributed by atoms with Crippen molar-refractivity contribution in [1.82, 2.24) is 5.32 Å². The molecule has 0 saturated heterocycles. The number of hydrogen-bond donors (Lipinski definition) is 2. The summed E-state index contributed by atoms with van der Waals surface area (Å²) in [5.74, 6) is -19.2. The van der Waals surface area contributed by atoms with Crippen molar-refractivity contribution < 1.29 is 49.4 Å². The minimum absolute atomic E-state index is 0.0126. The average molecular weight is 393 g/mol. The third kappa shape index (κ3) is 6.48. The number of alkyl halides is 9. The molecule has 2 N–H and O–H groups in total. The second-order valence-corrected chi connectivity index (χ2v) is 5.39. The Morgan fingerprint density at radius 2 is 1.52 bits per heavy atom. The second-order valence-electron chi connectivity index (χ2n) is 5.39. The van der Waals surface area contributed by atoms with Crippen LogP contribution >= 0.6 is 0 Å². The van der Waals surface area contributed by atoms with E-state index >= 15 is 0 Å². The maximum absolute atomic E-state index is 13.2. The Bertz CT molecular complexity index is 388. The third-order valence-electron chi connectivity index (χ3n) is 3.17. The molecule has 12 heteroatoms. The lowest BCUT2D eigenvalue weighted by molar-refractivity contribution is -0.397. The third-order valence-corrected chi connectivity index (χ3v) is 3.17. The zero-order chi connectivity index (χ0) is 19.9. The van der Waals surface area contributed by atoms with E-state index in [2.05, 4.69) is 10.1 Å². The average Bonchev–Trinajstić information content (AvgIpc) is 2.46. The number of aliphatic hydroxyl groups excluding tert-OH is 1. The van der Waals surface area contributed by atoms with E-state index in [-0.39, 0.29) is 6.54 Å². The summed E-state index contributed by atoms with van der Waals surface area (Å²) in [5.41, 5.74) is 0. The molecule has 0 radical (unpaired) electrons. The Hall–Kier alpha value is -0.750. The van der Waals surface area contributed by atoms with E-state index in [1.165, 1.54) is 0 Å². The van der Waals surface area contributed by atoms with Crippen molar-refractivity contribution in [3.05, 3.63) is 0 Å². The van der Waals surface area contributed by atoms with Crippen molar-refractivity contribution >= 4 is 0 Å². The molecule has 1 atom stereocenters. The van der Waals surface area contributed by atoms with E-state index in [0.29, 0.717) is 6.54 Å². The van der Waals surface area contributed by atoms with Gasteiger partial charge < -0.3 is 15.2 Å². The summed E-state index contributed by atoms with van der Waals surface area (Å²) in [6.07, 6.45) is -8.39. The zero-order valence-electron chi connectivity index (χ0n) is 13.3. The monoisotopic (exact) mass is 393 g/mol. The Balaban J connectivity index is 4.44. The van der Waals surface area contributed by atoms with E-state index in [9.17, 15) is 44.6 Å². The van der Waals surface area contributed by atoms with Crippen LogP contribution in [0.25, 0.3) is 0 Å². The number of unbranched alkanes of at least 4 members (excludes halogenated alkanes) is 1. The minimum Gasteiger partial charge on any atom is -0.389 e. The predicted octanol–water partition coefficient (Wildman–Crippen LogP) is 3.61. The summed E-state index contributed by atoms with van der Waals surface area (Å²) in [4.78, 5) is 0. The fourth-order valence-electron chi connectivity index (χ4n) is 1.61. The SMILES string of the molecule is CCCCNCC(O)COCCC(F)(F)C(F)(F)C(F)(F)C(F)(F)F. The van der Waals surface area contributed by atoms with Gasteiger partial charge in [0.05, 0.1) is 19.3 Å². The van der Waals surface area contributed by atoms with Crippen molar-refractivity contribution in [1.29, 1.82) is 0 Å².